The van der Waals surface area contributed by atoms with E-state index in [1.165, 1.54) is 23.6 Å². The van der Waals surface area contributed by atoms with Crippen molar-refractivity contribution < 1.29 is 0 Å². The smallest absolute Gasteiger partial charge is 0.0442 e. The van der Waals surface area contributed by atoms with Gasteiger partial charge in [-0.1, -0.05) is 61.4 Å². The van der Waals surface area contributed by atoms with Crippen LogP contribution in [0.4, 0.5) is 0 Å². The van der Waals surface area contributed by atoms with Crippen molar-refractivity contribution in [1.29, 1.82) is 0 Å². The second-order valence-corrected chi connectivity index (χ2v) is 11.5. The van der Waals surface area contributed by atoms with Crippen molar-refractivity contribution in [3.63, 3.8) is 0 Å². The molecule has 0 bridgehead atoms. The lowest BCUT2D eigenvalue weighted by Gasteiger charge is -2.15. The van der Waals surface area contributed by atoms with Crippen LogP contribution in [0.25, 0.3) is 0 Å². The van der Waals surface area contributed by atoms with E-state index in [0.717, 1.165) is 11.4 Å². The van der Waals surface area contributed by atoms with Crippen molar-refractivity contribution in [1.82, 2.24) is 0 Å². The maximum atomic E-state index is 6.16. The Bertz CT molecular complexity index is 326. The minimum atomic E-state index is -0.885. The summed E-state index contributed by atoms with van der Waals surface area (Å²) in [7, 11) is -0.885. The minimum Gasteiger partial charge on any atom is -0.0840 e. The molecule has 0 aliphatic rings. The van der Waals surface area contributed by atoms with Crippen LogP contribution < -0.4 is 0 Å². The second kappa shape index (κ2) is 5.18. The highest BCUT2D eigenvalue weighted by Gasteiger charge is 2.12. The third-order valence-electron chi connectivity index (χ3n) is 2.57. The van der Waals surface area contributed by atoms with Gasteiger partial charge in [-0.05, 0) is 25.0 Å². The average molecular weight is 241 g/mol. The van der Waals surface area contributed by atoms with E-state index in [4.69, 9.17) is 11.6 Å². The highest BCUT2D eigenvalue weighted by molar-refractivity contribution is 6.76. The molecule has 0 saturated carbocycles. The largest absolute Gasteiger partial charge is 0.0840 e. The molecule has 0 aliphatic heterocycles. The van der Waals surface area contributed by atoms with Gasteiger partial charge in [-0.25, -0.2) is 0 Å². The van der Waals surface area contributed by atoms with Crippen LogP contribution in [-0.2, 0) is 6.42 Å². The first kappa shape index (κ1) is 12.8. The lowest BCUT2D eigenvalue weighted by Crippen LogP contribution is -2.18. The van der Waals surface area contributed by atoms with Crippen molar-refractivity contribution in [2.24, 2.45) is 0 Å². The fourth-order valence-corrected chi connectivity index (χ4v) is 3.15. The molecule has 0 saturated heterocycles. The van der Waals surface area contributed by atoms with Crippen LogP contribution in [0.2, 0.25) is 30.7 Å². The SMILES string of the molecule is Cc1ccc(Cl)c(CCC[Si](C)(C)C)c1. The van der Waals surface area contributed by atoms with Gasteiger partial charge in [-0.2, -0.15) is 0 Å². The van der Waals surface area contributed by atoms with Gasteiger partial charge in [-0.15, -0.1) is 0 Å². The summed E-state index contributed by atoms with van der Waals surface area (Å²) in [4.78, 5) is 0. The first-order valence-electron chi connectivity index (χ1n) is 5.63. The van der Waals surface area contributed by atoms with Gasteiger partial charge in [0.2, 0.25) is 0 Å². The number of aryl methyl sites for hydroxylation is 2. The third-order valence-corrected chi connectivity index (χ3v) is 4.80. The summed E-state index contributed by atoms with van der Waals surface area (Å²) in [6.45, 7) is 9.39. The van der Waals surface area contributed by atoms with E-state index < -0.39 is 8.07 Å². The zero-order valence-electron chi connectivity index (χ0n) is 10.2. The molecule has 0 unspecified atom stereocenters. The van der Waals surface area contributed by atoms with Crippen molar-refractivity contribution in [2.45, 2.75) is 45.5 Å². The molecule has 84 valence electrons. The van der Waals surface area contributed by atoms with Crippen LogP contribution in [0.5, 0.6) is 0 Å². The van der Waals surface area contributed by atoms with E-state index in [2.05, 4.69) is 38.7 Å². The summed E-state index contributed by atoms with van der Waals surface area (Å²) < 4.78 is 0. The molecular weight excluding hydrogens is 220 g/mol. The van der Waals surface area contributed by atoms with Crippen LogP contribution >= 0.6 is 11.6 Å². The number of hydrogen-bond donors (Lipinski definition) is 0. The van der Waals surface area contributed by atoms with E-state index in [9.17, 15) is 0 Å². The van der Waals surface area contributed by atoms with E-state index in [1.54, 1.807) is 0 Å². The van der Waals surface area contributed by atoms with Gasteiger partial charge in [-0.3, -0.25) is 0 Å². The molecule has 0 N–H and O–H groups in total. The normalized spacial score (nSPS) is 11.8. The molecule has 1 rings (SSSR count). The molecule has 2 heteroatoms. The predicted molar refractivity (Wildman–Crippen MR) is 72.7 cm³/mol. The molecule has 15 heavy (non-hydrogen) atoms. The van der Waals surface area contributed by atoms with Crippen molar-refractivity contribution in [3.8, 4) is 0 Å². The highest BCUT2D eigenvalue weighted by atomic mass is 35.5. The zero-order valence-corrected chi connectivity index (χ0v) is 12.0. The molecule has 0 amide bonds. The molecule has 0 aromatic heterocycles. The van der Waals surface area contributed by atoms with E-state index >= 15 is 0 Å². The molecule has 1 aromatic rings. The Balaban J connectivity index is 2.54. The Labute approximate surface area is 99.7 Å². The molecule has 0 spiro atoms. The molecule has 1 aromatic carbocycles. The summed E-state index contributed by atoms with van der Waals surface area (Å²) in [5, 5.41) is 0.927. The van der Waals surface area contributed by atoms with Gasteiger partial charge < -0.3 is 0 Å². The monoisotopic (exact) mass is 240 g/mol. The molecule has 0 heterocycles. The van der Waals surface area contributed by atoms with Gasteiger partial charge in [0.05, 0.1) is 0 Å². The Kier molecular flexibility index (Phi) is 4.41. The molecular formula is C13H21ClSi. The Morgan fingerprint density at radius 3 is 2.47 bits per heavy atom. The molecule has 0 nitrogen and oxygen atoms in total. The molecule has 0 radical (unpaired) electrons. The standard InChI is InChI=1S/C13H21ClSi/c1-11-7-8-13(14)12(10-11)6-5-9-15(2,3)4/h7-8,10H,5-6,9H2,1-4H3. The molecule has 0 atom stereocenters. The number of benzene rings is 1. The summed E-state index contributed by atoms with van der Waals surface area (Å²) in [6.07, 6.45) is 2.41. The molecule has 0 fully saturated rings. The number of rotatable bonds is 4. The van der Waals surface area contributed by atoms with Crippen molar-refractivity contribution in [3.05, 3.63) is 34.3 Å². The van der Waals surface area contributed by atoms with Gasteiger partial charge >= 0.3 is 0 Å². The number of hydrogen-bond acceptors (Lipinski definition) is 0. The Morgan fingerprint density at radius 2 is 1.87 bits per heavy atom. The quantitative estimate of drug-likeness (QED) is 0.656. The van der Waals surface area contributed by atoms with Crippen LogP contribution in [0, 0.1) is 6.92 Å². The summed E-state index contributed by atoms with van der Waals surface area (Å²) >= 11 is 6.16. The van der Waals surface area contributed by atoms with Gasteiger partial charge in [0, 0.05) is 13.1 Å². The second-order valence-electron chi connectivity index (χ2n) is 5.51. The summed E-state index contributed by atoms with van der Waals surface area (Å²) in [5.41, 5.74) is 2.62. The minimum absolute atomic E-state index is 0.885. The van der Waals surface area contributed by atoms with Gasteiger partial charge in [0.15, 0.2) is 0 Å². The first-order chi connectivity index (χ1) is 6.88. The van der Waals surface area contributed by atoms with Gasteiger partial charge in [0.25, 0.3) is 0 Å². The summed E-state index contributed by atoms with van der Waals surface area (Å²) in [6, 6.07) is 7.69. The third kappa shape index (κ3) is 4.85. The highest BCUT2D eigenvalue weighted by Crippen LogP contribution is 2.21. The zero-order chi connectivity index (χ0) is 11.5. The maximum Gasteiger partial charge on any atom is 0.0442 e. The fraction of sp³-hybridized carbons (Fsp3) is 0.538. The van der Waals surface area contributed by atoms with Crippen LogP contribution in [-0.4, -0.2) is 8.07 Å². The molecule has 0 aliphatic carbocycles. The van der Waals surface area contributed by atoms with E-state index in [0.29, 0.717) is 0 Å². The topological polar surface area (TPSA) is 0 Å². The lowest BCUT2D eigenvalue weighted by atomic mass is 10.1. The van der Waals surface area contributed by atoms with Crippen LogP contribution in [0.3, 0.4) is 0 Å². The fourth-order valence-electron chi connectivity index (χ4n) is 1.70. The Hall–Kier alpha value is -0.273. The first-order valence-corrected chi connectivity index (χ1v) is 9.72. The Morgan fingerprint density at radius 1 is 1.20 bits per heavy atom. The van der Waals surface area contributed by atoms with Crippen LogP contribution in [0.1, 0.15) is 17.5 Å². The van der Waals surface area contributed by atoms with Crippen LogP contribution in [0.15, 0.2) is 18.2 Å². The van der Waals surface area contributed by atoms with Crippen molar-refractivity contribution >= 4 is 19.7 Å². The average Bonchev–Trinajstić information content (AvgIpc) is 2.09. The maximum absolute atomic E-state index is 6.16. The van der Waals surface area contributed by atoms with Gasteiger partial charge in [0.1, 0.15) is 0 Å². The summed E-state index contributed by atoms with van der Waals surface area (Å²) in [5.74, 6) is 0. The lowest BCUT2D eigenvalue weighted by molar-refractivity contribution is 0.900. The van der Waals surface area contributed by atoms with E-state index in [-0.39, 0.29) is 0 Å². The van der Waals surface area contributed by atoms with E-state index in [1.807, 2.05) is 6.07 Å². The predicted octanol–water partition coefficient (Wildman–Crippen LogP) is 4.92. The van der Waals surface area contributed by atoms with Crippen molar-refractivity contribution in [2.75, 3.05) is 0 Å². The number of halogens is 1.